The number of H-pyrrole nitrogens is 1. The van der Waals surface area contributed by atoms with E-state index in [0.717, 1.165) is 6.07 Å². The van der Waals surface area contributed by atoms with Gasteiger partial charge in [-0.25, -0.2) is 0 Å². The van der Waals surface area contributed by atoms with Crippen LogP contribution in [-0.2, 0) is 0 Å². The van der Waals surface area contributed by atoms with Gasteiger partial charge in [0.25, 0.3) is 5.91 Å². The monoisotopic (exact) mass is 354 g/mol. The number of piperazine rings is 1. The molecule has 0 aliphatic carbocycles. The molecule has 0 saturated carbocycles. The van der Waals surface area contributed by atoms with Gasteiger partial charge in [0.2, 0.25) is 5.56 Å². The molecule has 1 amide bonds. The van der Waals surface area contributed by atoms with Crippen LogP contribution in [0.15, 0.2) is 23.1 Å². The normalized spacial score (nSPS) is 17.2. The molecule has 1 aromatic rings. The summed E-state index contributed by atoms with van der Waals surface area (Å²) in [7, 11) is 0. The molecule has 0 aromatic carbocycles. The highest BCUT2D eigenvalue weighted by Gasteiger charge is 2.43. The maximum absolute atomic E-state index is 13.2. The Hall–Kier alpha value is -1.58. The molecule has 3 N–H and O–H groups in total. The Morgan fingerprint density at radius 3 is 2.57 bits per heavy atom. The fourth-order valence-corrected chi connectivity index (χ4v) is 2.32. The molecule has 1 atom stereocenters. The van der Waals surface area contributed by atoms with Crippen LogP contribution in [0, 0.1) is 0 Å². The summed E-state index contributed by atoms with van der Waals surface area (Å²) in [5, 5.41) is 5.24. The predicted octanol–water partition coefficient (Wildman–Crippen LogP) is 0.363. The van der Waals surface area contributed by atoms with E-state index in [1.165, 1.54) is 17.2 Å². The maximum Gasteiger partial charge on any atom is 0.405 e. The minimum Gasteiger partial charge on any atom is -0.350 e. The molecule has 6 nitrogen and oxygen atoms in total. The van der Waals surface area contributed by atoms with Crippen LogP contribution in [0.3, 0.4) is 0 Å². The number of nitrogens with zero attached hydrogens (tertiary/aromatic N) is 1. The zero-order valence-corrected chi connectivity index (χ0v) is 13.0. The van der Waals surface area contributed by atoms with Gasteiger partial charge in [-0.15, -0.1) is 12.4 Å². The number of carbonyl (C=O) groups excluding carboxylic acids is 1. The standard InChI is InChI=1S/C13H17F3N4O2.ClH/c14-13(15,16)10(20-5-3-17-4-6-20)8-19-12(22)9-1-2-18-11(21)7-9;/h1-2,7,10,17H,3-6,8H2,(H,18,21)(H,19,22);1H. The van der Waals surface area contributed by atoms with Gasteiger partial charge < -0.3 is 15.6 Å². The number of hydrogen-bond acceptors (Lipinski definition) is 4. The second-order valence-corrected chi connectivity index (χ2v) is 5.00. The van der Waals surface area contributed by atoms with Crippen molar-refractivity contribution in [1.29, 1.82) is 0 Å². The molecule has 0 spiro atoms. The van der Waals surface area contributed by atoms with Crippen LogP contribution in [0.4, 0.5) is 13.2 Å². The van der Waals surface area contributed by atoms with E-state index in [-0.39, 0.29) is 31.1 Å². The number of hydrogen-bond donors (Lipinski definition) is 3. The van der Waals surface area contributed by atoms with Gasteiger partial charge in [0.15, 0.2) is 0 Å². The summed E-state index contributed by atoms with van der Waals surface area (Å²) in [4.78, 5) is 26.6. The minimum absolute atomic E-state index is 0. The quantitative estimate of drug-likeness (QED) is 0.730. The summed E-state index contributed by atoms with van der Waals surface area (Å²) in [6.07, 6.45) is -3.16. The van der Waals surface area contributed by atoms with Crippen molar-refractivity contribution in [1.82, 2.24) is 20.5 Å². The van der Waals surface area contributed by atoms with Crippen LogP contribution < -0.4 is 16.2 Å². The van der Waals surface area contributed by atoms with Crippen LogP contribution >= 0.6 is 12.4 Å². The number of halogens is 4. The van der Waals surface area contributed by atoms with E-state index in [9.17, 15) is 22.8 Å². The minimum atomic E-state index is -4.43. The second-order valence-electron chi connectivity index (χ2n) is 5.00. The fraction of sp³-hybridized carbons (Fsp3) is 0.538. The molecule has 1 unspecified atom stereocenters. The van der Waals surface area contributed by atoms with Crippen molar-refractivity contribution in [3.05, 3.63) is 34.2 Å². The third-order valence-corrected chi connectivity index (χ3v) is 3.46. The van der Waals surface area contributed by atoms with Crippen LogP contribution in [0.25, 0.3) is 0 Å². The number of nitrogens with one attached hydrogen (secondary N) is 3. The molecule has 0 bridgehead atoms. The molecule has 2 heterocycles. The number of carbonyl (C=O) groups is 1. The Morgan fingerprint density at radius 1 is 1.35 bits per heavy atom. The molecule has 10 heteroatoms. The SMILES string of the molecule is Cl.O=C(NCC(N1CCNCC1)C(F)(F)F)c1cc[nH]c(=O)c1. The van der Waals surface area contributed by atoms with E-state index >= 15 is 0 Å². The van der Waals surface area contributed by atoms with Gasteiger partial charge in [0, 0.05) is 50.6 Å². The largest absolute Gasteiger partial charge is 0.405 e. The molecule has 1 aliphatic heterocycles. The Bertz CT molecular complexity index is 573. The van der Waals surface area contributed by atoms with Crippen molar-refractivity contribution in [2.24, 2.45) is 0 Å². The Morgan fingerprint density at radius 2 is 2.00 bits per heavy atom. The fourth-order valence-electron chi connectivity index (χ4n) is 2.32. The summed E-state index contributed by atoms with van der Waals surface area (Å²) < 4.78 is 39.5. The van der Waals surface area contributed by atoms with E-state index < -0.39 is 30.2 Å². The van der Waals surface area contributed by atoms with Crippen LogP contribution in [0.1, 0.15) is 10.4 Å². The van der Waals surface area contributed by atoms with E-state index in [2.05, 4.69) is 15.6 Å². The third-order valence-electron chi connectivity index (χ3n) is 3.46. The molecule has 23 heavy (non-hydrogen) atoms. The number of aromatic amines is 1. The molecule has 2 rings (SSSR count). The molecule has 130 valence electrons. The summed E-state index contributed by atoms with van der Waals surface area (Å²) >= 11 is 0. The molecule has 1 aliphatic rings. The highest BCUT2D eigenvalue weighted by atomic mass is 35.5. The summed E-state index contributed by atoms with van der Waals surface area (Å²) in [6, 6.07) is 0.646. The molecular formula is C13H18ClF3N4O2. The van der Waals surface area contributed by atoms with Gasteiger partial charge in [0.05, 0.1) is 0 Å². The first-order chi connectivity index (χ1) is 10.4. The van der Waals surface area contributed by atoms with Crippen molar-refractivity contribution in [3.8, 4) is 0 Å². The lowest BCUT2D eigenvalue weighted by atomic mass is 10.2. The average Bonchev–Trinajstić information content (AvgIpc) is 2.47. The van der Waals surface area contributed by atoms with Gasteiger partial charge in [0.1, 0.15) is 6.04 Å². The first-order valence-electron chi connectivity index (χ1n) is 6.86. The molecule has 1 fully saturated rings. The van der Waals surface area contributed by atoms with Gasteiger partial charge in [-0.3, -0.25) is 14.5 Å². The zero-order valence-electron chi connectivity index (χ0n) is 12.2. The first kappa shape index (κ1) is 19.5. The highest BCUT2D eigenvalue weighted by Crippen LogP contribution is 2.24. The smallest absolute Gasteiger partial charge is 0.350 e. The highest BCUT2D eigenvalue weighted by molar-refractivity contribution is 5.93. The Labute approximate surface area is 136 Å². The van der Waals surface area contributed by atoms with E-state index in [4.69, 9.17) is 0 Å². The lowest BCUT2D eigenvalue weighted by molar-refractivity contribution is -0.183. The number of pyridine rings is 1. The van der Waals surface area contributed by atoms with Crippen molar-refractivity contribution in [2.45, 2.75) is 12.2 Å². The van der Waals surface area contributed by atoms with E-state index in [1.54, 1.807) is 0 Å². The molecule has 1 aromatic heterocycles. The summed E-state index contributed by atoms with van der Waals surface area (Å²) in [6.45, 7) is 0.953. The van der Waals surface area contributed by atoms with Gasteiger partial charge >= 0.3 is 6.18 Å². The maximum atomic E-state index is 13.2. The van der Waals surface area contributed by atoms with Gasteiger partial charge in [-0.2, -0.15) is 13.2 Å². The van der Waals surface area contributed by atoms with E-state index in [0.29, 0.717) is 13.1 Å². The van der Waals surface area contributed by atoms with Crippen LogP contribution in [0.5, 0.6) is 0 Å². The van der Waals surface area contributed by atoms with Crippen molar-refractivity contribution < 1.29 is 18.0 Å². The molecule has 0 radical (unpaired) electrons. The first-order valence-corrected chi connectivity index (χ1v) is 6.86. The second kappa shape index (κ2) is 8.32. The Kier molecular flexibility index (Phi) is 7.04. The van der Waals surface area contributed by atoms with E-state index in [1.807, 2.05) is 0 Å². The van der Waals surface area contributed by atoms with Crippen molar-refractivity contribution in [2.75, 3.05) is 32.7 Å². The number of alkyl halides is 3. The predicted molar refractivity (Wildman–Crippen MR) is 80.9 cm³/mol. The van der Waals surface area contributed by atoms with Crippen LogP contribution in [0.2, 0.25) is 0 Å². The third kappa shape index (κ3) is 5.52. The zero-order chi connectivity index (χ0) is 16.2. The summed E-state index contributed by atoms with van der Waals surface area (Å²) in [5.41, 5.74) is -0.452. The average molecular weight is 355 g/mol. The lowest BCUT2D eigenvalue weighted by Gasteiger charge is -2.35. The van der Waals surface area contributed by atoms with Gasteiger partial charge in [-0.05, 0) is 6.07 Å². The van der Waals surface area contributed by atoms with Gasteiger partial charge in [-0.1, -0.05) is 0 Å². The number of rotatable bonds is 4. The van der Waals surface area contributed by atoms with Crippen LogP contribution in [-0.4, -0.2) is 60.7 Å². The number of amides is 1. The molecule has 1 saturated heterocycles. The summed E-state index contributed by atoms with van der Waals surface area (Å²) in [5.74, 6) is -0.699. The topological polar surface area (TPSA) is 77.2 Å². The van der Waals surface area contributed by atoms with Crippen molar-refractivity contribution >= 4 is 18.3 Å². The van der Waals surface area contributed by atoms with Crippen molar-refractivity contribution in [3.63, 3.8) is 0 Å². The molecular weight excluding hydrogens is 337 g/mol. The Balaban J connectivity index is 0.00000264. The number of aromatic nitrogens is 1. The lowest BCUT2D eigenvalue weighted by Crippen LogP contribution is -2.57.